The highest BCUT2D eigenvalue weighted by atomic mass is 79.9. The molecule has 1 aliphatic heterocycles. The largest absolute Gasteiger partial charge is 0.459 e. The summed E-state index contributed by atoms with van der Waals surface area (Å²) >= 11 is 3.31. The Morgan fingerprint density at radius 2 is 2.11 bits per heavy atom. The lowest BCUT2D eigenvalue weighted by atomic mass is 10.1. The van der Waals surface area contributed by atoms with Gasteiger partial charge in [-0.15, -0.1) is 0 Å². The number of rotatable bonds is 2. The van der Waals surface area contributed by atoms with Gasteiger partial charge in [-0.1, -0.05) is 0 Å². The molecule has 18 heavy (non-hydrogen) atoms. The first-order valence-corrected chi connectivity index (χ1v) is 6.80. The van der Waals surface area contributed by atoms with Gasteiger partial charge in [0.1, 0.15) is 6.10 Å². The quantitative estimate of drug-likeness (QED) is 0.672. The van der Waals surface area contributed by atoms with Crippen LogP contribution in [0.25, 0.3) is 0 Å². The van der Waals surface area contributed by atoms with Gasteiger partial charge >= 0.3 is 5.97 Å². The van der Waals surface area contributed by atoms with E-state index in [0.29, 0.717) is 11.3 Å². The Labute approximate surface area is 115 Å². The number of hydrogen-bond donors (Lipinski definition) is 1. The summed E-state index contributed by atoms with van der Waals surface area (Å²) in [7, 11) is 2.08. The molecule has 5 heteroatoms. The first-order chi connectivity index (χ1) is 8.56. The van der Waals surface area contributed by atoms with E-state index >= 15 is 0 Å². The molecule has 98 valence electrons. The van der Waals surface area contributed by atoms with Crippen LogP contribution < -0.4 is 5.73 Å². The molecule has 0 unspecified atom stereocenters. The SMILES string of the molecule is CN1CCC(OC(=O)c2ccc(N)c(Br)c2)CC1. The molecule has 0 radical (unpaired) electrons. The summed E-state index contributed by atoms with van der Waals surface area (Å²) in [5, 5.41) is 0. The number of anilines is 1. The van der Waals surface area contributed by atoms with Crippen LogP contribution in [0.5, 0.6) is 0 Å². The summed E-state index contributed by atoms with van der Waals surface area (Å²) in [6.07, 6.45) is 1.83. The van der Waals surface area contributed by atoms with Crippen LogP contribution in [0.15, 0.2) is 22.7 Å². The topological polar surface area (TPSA) is 55.6 Å². The van der Waals surface area contributed by atoms with Crippen LogP contribution in [0.4, 0.5) is 5.69 Å². The first kappa shape index (κ1) is 13.4. The highest BCUT2D eigenvalue weighted by Crippen LogP contribution is 2.22. The highest BCUT2D eigenvalue weighted by Gasteiger charge is 2.21. The van der Waals surface area contributed by atoms with Crippen molar-refractivity contribution < 1.29 is 9.53 Å². The number of benzene rings is 1. The van der Waals surface area contributed by atoms with E-state index in [1.54, 1.807) is 18.2 Å². The molecule has 0 saturated carbocycles. The number of esters is 1. The Bertz CT molecular complexity index is 443. The van der Waals surface area contributed by atoms with Crippen LogP contribution in [0.2, 0.25) is 0 Å². The third-order valence-corrected chi connectivity index (χ3v) is 3.86. The minimum absolute atomic E-state index is 0.0324. The lowest BCUT2D eigenvalue weighted by molar-refractivity contribution is 0.0139. The fraction of sp³-hybridized carbons (Fsp3) is 0.462. The van der Waals surface area contributed by atoms with Crippen LogP contribution in [-0.2, 0) is 4.74 Å². The van der Waals surface area contributed by atoms with E-state index < -0.39 is 0 Å². The molecule has 1 aliphatic rings. The zero-order valence-electron chi connectivity index (χ0n) is 10.4. The van der Waals surface area contributed by atoms with Gasteiger partial charge in [-0.2, -0.15) is 0 Å². The summed E-state index contributed by atoms with van der Waals surface area (Å²) in [6.45, 7) is 1.95. The molecule has 0 spiro atoms. The smallest absolute Gasteiger partial charge is 0.338 e. The molecule has 1 aromatic carbocycles. The normalized spacial score (nSPS) is 17.7. The number of halogens is 1. The van der Waals surface area contributed by atoms with Gasteiger partial charge < -0.3 is 15.4 Å². The van der Waals surface area contributed by atoms with Crippen molar-refractivity contribution in [1.29, 1.82) is 0 Å². The van der Waals surface area contributed by atoms with Gasteiger partial charge in [-0.3, -0.25) is 0 Å². The molecular formula is C13H17BrN2O2. The Hall–Kier alpha value is -1.07. The molecule has 0 amide bonds. The van der Waals surface area contributed by atoms with Crippen molar-refractivity contribution in [3.05, 3.63) is 28.2 Å². The molecule has 1 saturated heterocycles. The fourth-order valence-corrected chi connectivity index (χ4v) is 2.36. The average Bonchev–Trinajstić information content (AvgIpc) is 2.35. The van der Waals surface area contributed by atoms with Crippen LogP contribution in [0.3, 0.4) is 0 Å². The molecule has 0 aromatic heterocycles. The standard InChI is InChI=1S/C13H17BrN2O2/c1-16-6-4-10(5-7-16)18-13(17)9-2-3-12(15)11(14)8-9/h2-3,8,10H,4-7,15H2,1H3. The number of ether oxygens (including phenoxy) is 1. The van der Waals surface area contributed by atoms with Gasteiger partial charge in [-0.05, 0) is 54.0 Å². The van der Waals surface area contributed by atoms with E-state index in [-0.39, 0.29) is 12.1 Å². The third-order valence-electron chi connectivity index (χ3n) is 3.18. The van der Waals surface area contributed by atoms with Gasteiger partial charge in [0.05, 0.1) is 5.56 Å². The summed E-state index contributed by atoms with van der Waals surface area (Å²) in [5.41, 5.74) is 6.84. The third kappa shape index (κ3) is 3.23. The van der Waals surface area contributed by atoms with Crippen LogP contribution in [-0.4, -0.2) is 37.1 Å². The van der Waals surface area contributed by atoms with Crippen molar-refractivity contribution in [3.8, 4) is 0 Å². The molecule has 4 nitrogen and oxygen atoms in total. The zero-order chi connectivity index (χ0) is 13.1. The second-order valence-electron chi connectivity index (χ2n) is 4.64. The molecule has 0 aliphatic carbocycles. The Morgan fingerprint density at radius 1 is 1.44 bits per heavy atom. The maximum Gasteiger partial charge on any atom is 0.338 e. The lowest BCUT2D eigenvalue weighted by Crippen LogP contribution is -2.35. The first-order valence-electron chi connectivity index (χ1n) is 6.01. The predicted molar refractivity (Wildman–Crippen MR) is 74.5 cm³/mol. The van der Waals surface area contributed by atoms with Gasteiger partial charge in [0.25, 0.3) is 0 Å². The molecule has 1 fully saturated rings. The minimum atomic E-state index is -0.273. The maximum absolute atomic E-state index is 12.0. The number of carbonyl (C=O) groups is 1. The van der Waals surface area contributed by atoms with Crippen molar-refractivity contribution in [3.63, 3.8) is 0 Å². The number of nitrogen functional groups attached to an aromatic ring is 1. The van der Waals surface area contributed by atoms with Gasteiger partial charge in [0.2, 0.25) is 0 Å². The van der Waals surface area contributed by atoms with Crippen molar-refractivity contribution in [2.45, 2.75) is 18.9 Å². The van der Waals surface area contributed by atoms with Crippen molar-refractivity contribution in [2.24, 2.45) is 0 Å². The van der Waals surface area contributed by atoms with E-state index in [4.69, 9.17) is 10.5 Å². The summed E-state index contributed by atoms with van der Waals surface area (Å²) in [4.78, 5) is 14.2. The number of likely N-dealkylation sites (tertiary alicyclic amines) is 1. The Balaban J connectivity index is 1.97. The number of carbonyl (C=O) groups excluding carboxylic acids is 1. The molecule has 0 atom stereocenters. The van der Waals surface area contributed by atoms with Gasteiger partial charge in [-0.25, -0.2) is 4.79 Å². The molecule has 0 bridgehead atoms. The molecule has 2 N–H and O–H groups in total. The minimum Gasteiger partial charge on any atom is -0.459 e. The summed E-state index contributed by atoms with van der Waals surface area (Å²) in [5.74, 6) is -0.273. The van der Waals surface area contributed by atoms with Gasteiger partial charge in [0.15, 0.2) is 0 Å². The average molecular weight is 313 g/mol. The maximum atomic E-state index is 12.0. The molecule has 1 heterocycles. The van der Waals surface area contributed by atoms with E-state index in [1.165, 1.54) is 0 Å². The second-order valence-corrected chi connectivity index (χ2v) is 5.50. The monoisotopic (exact) mass is 312 g/mol. The number of nitrogens with two attached hydrogens (primary N) is 1. The van der Waals surface area contributed by atoms with Crippen LogP contribution >= 0.6 is 15.9 Å². The molecular weight excluding hydrogens is 296 g/mol. The fourth-order valence-electron chi connectivity index (χ4n) is 1.98. The van der Waals surface area contributed by atoms with E-state index in [0.717, 1.165) is 30.4 Å². The molecule has 2 rings (SSSR count). The van der Waals surface area contributed by atoms with Crippen LogP contribution in [0, 0.1) is 0 Å². The van der Waals surface area contributed by atoms with E-state index in [1.807, 2.05) is 0 Å². The van der Waals surface area contributed by atoms with Crippen LogP contribution in [0.1, 0.15) is 23.2 Å². The summed E-state index contributed by atoms with van der Waals surface area (Å²) in [6, 6.07) is 5.10. The number of hydrogen-bond acceptors (Lipinski definition) is 4. The Morgan fingerprint density at radius 3 is 2.72 bits per heavy atom. The predicted octanol–water partition coefficient (Wildman–Crippen LogP) is 2.28. The zero-order valence-corrected chi connectivity index (χ0v) is 11.9. The van der Waals surface area contributed by atoms with Gasteiger partial charge in [0, 0.05) is 23.2 Å². The summed E-state index contributed by atoms with van der Waals surface area (Å²) < 4.78 is 6.22. The van der Waals surface area contributed by atoms with E-state index in [9.17, 15) is 4.79 Å². The second kappa shape index (κ2) is 5.71. The lowest BCUT2D eigenvalue weighted by Gasteiger charge is -2.28. The number of nitrogens with zero attached hydrogens (tertiary/aromatic N) is 1. The highest BCUT2D eigenvalue weighted by molar-refractivity contribution is 9.10. The molecule has 1 aromatic rings. The van der Waals surface area contributed by atoms with Crippen molar-refractivity contribution >= 4 is 27.6 Å². The van der Waals surface area contributed by atoms with Crippen molar-refractivity contribution in [1.82, 2.24) is 4.90 Å². The number of piperidine rings is 1. The Kier molecular flexibility index (Phi) is 4.24. The van der Waals surface area contributed by atoms with Crippen molar-refractivity contribution in [2.75, 3.05) is 25.9 Å². The van der Waals surface area contributed by atoms with E-state index in [2.05, 4.69) is 27.9 Å².